The maximum atomic E-state index is 5.48. The number of aromatic nitrogens is 3. The highest BCUT2D eigenvalue weighted by molar-refractivity contribution is 5.78. The van der Waals surface area contributed by atoms with Crippen LogP contribution in [-0.4, -0.2) is 34.0 Å². The summed E-state index contributed by atoms with van der Waals surface area (Å²) < 4.78 is 7.43. The number of anilines is 1. The molecule has 0 amide bonds. The second kappa shape index (κ2) is 5.17. The Morgan fingerprint density at radius 3 is 3.05 bits per heavy atom. The zero-order valence-corrected chi connectivity index (χ0v) is 11.5. The van der Waals surface area contributed by atoms with Gasteiger partial charge in [0.15, 0.2) is 5.65 Å². The molecule has 5 nitrogen and oxygen atoms in total. The van der Waals surface area contributed by atoms with Crippen LogP contribution in [0.15, 0.2) is 18.5 Å². The van der Waals surface area contributed by atoms with Crippen LogP contribution in [0, 0.1) is 0 Å². The quantitative estimate of drug-likeness (QED) is 0.921. The predicted octanol–water partition coefficient (Wildman–Crippen LogP) is 2.60. The highest BCUT2D eigenvalue weighted by atomic mass is 16.5. The molecule has 19 heavy (non-hydrogen) atoms. The van der Waals surface area contributed by atoms with Gasteiger partial charge in [0.2, 0.25) is 0 Å². The molecule has 0 radical (unpaired) electrons. The number of ether oxygens (including phenoxy) is 1. The highest BCUT2D eigenvalue weighted by Gasteiger charge is 2.14. The number of rotatable bonds is 3. The molecule has 1 saturated heterocycles. The Morgan fingerprint density at radius 1 is 1.42 bits per heavy atom. The molecule has 3 heterocycles. The van der Waals surface area contributed by atoms with Gasteiger partial charge in [-0.1, -0.05) is 0 Å². The summed E-state index contributed by atoms with van der Waals surface area (Å²) in [4.78, 5) is 4.53. The number of fused-ring (bicyclic) bond motifs is 1. The first-order valence-electron chi connectivity index (χ1n) is 6.91. The van der Waals surface area contributed by atoms with Crippen LogP contribution in [0.2, 0.25) is 0 Å². The molecule has 1 atom stereocenters. The molecule has 2 aromatic heterocycles. The highest BCUT2D eigenvalue weighted by Crippen LogP contribution is 2.20. The predicted molar refractivity (Wildman–Crippen MR) is 75.4 cm³/mol. The van der Waals surface area contributed by atoms with Crippen molar-refractivity contribution in [1.82, 2.24) is 14.8 Å². The average Bonchev–Trinajstić information content (AvgIpc) is 2.83. The molecular formula is C14H20N4O. The molecule has 0 saturated carbocycles. The summed E-state index contributed by atoms with van der Waals surface area (Å²) in [5, 5.41) is 8.95. The number of nitrogens with one attached hydrogen (secondary N) is 1. The van der Waals surface area contributed by atoms with Crippen molar-refractivity contribution in [3.05, 3.63) is 18.5 Å². The molecule has 2 aromatic rings. The van der Waals surface area contributed by atoms with Crippen molar-refractivity contribution in [2.75, 3.05) is 18.5 Å². The summed E-state index contributed by atoms with van der Waals surface area (Å²) in [5.41, 5.74) is 1.99. The Balaban J connectivity index is 1.81. The molecule has 1 aliphatic heterocycles. The van der Waals surface area contributed by atoms with Crippen molar-refractivity contribution < 1.29 is 4.74 Å². The summed E-state index contributed by atoms with van der Waals surface area (Å²) in [6.07, 6.45) is 6.05. The molecule has 0 bridgehead atoms. The van der Waals surface area contributed by atoms with E-state index in [1.165, 1.54) is 0 Å². The number of nitrogens with zero attached hydrogens (tertiary/aromatic N) is 3. The SMILES string of the molecule is CC(C)n1ncc2cc(NC3CCCOC3)cnc21. The van der Waals surface area contributed by atoms with E-state index in [4.69, 9.17) is 4.74 Å². The van der Waals surface area contributed by atoms with E-state index in [2.05, 4.69) is 35.3 Å². The van der Waals surface area contributed by atoms with E-state index < -0.39 is 0 Å². The lowest BCUT2D eigenvalue weighted by Crippen LogP contribution is -2.29. The fraction of sp³-hybridized carbons (Fsp3) is 0.571. The minimum atomic E-state index is 0.329. The largest absolute Gasteiger partial charge is 0.379 e. The van der Waals surface area contributed by atoms with Crippen LogP contribution in [-0.2, 0) is 4.74 Å². The molecule has 3 rings (SSSR count). The summed E-state index contributed by atoms with van der Waals surface area (Å²) in [6.45, 7) is 5.89. The maximum absolute atomic E-state index is 5.48. The molecule has 0 aromatic carbocycles. The van der Waals surface area contributed by atoms with Gasteiger partial charge in [0, 0.05) is 24.1 Å². The van der Waals surface area contributed by atoms with Crippen molar-refractivity contribution in [3.63, 3.8) is 0 Å². The van der Waals surface area contributed by atoms with Crippen LogP contribution in [0.4, 0.5) is 5.69 Å². The van der Waals surface area contributed by atoms with Crippen LogP contribution in [0.1, 0.15) is 32.7 Å². The van der Waals surface area contributed by atoms with Gasteiger partial charge in [-0.3, -0.25) is 0 Å². The Labute approximate surface area is 113 Å². The standard InChI is InChI=1S/C14H20N4O/c1-10(2)18-14-11(7-16-18)6-13(8-15-14)17-12-4-3-5-19-9-12/h6-8,10,12,17H,3-5,9H2,1-2H3. The van der Waals surface area contributed by atoms with Crippen molar-refractivity contribution in [2.45, 2.75) is 38.8 Å². The van der Waals surface area contributed by atoms with E-state index in [1.807, 2.05) is 17.1 Å². The van der Waals surface area contributed by atoms with Gasteiger partial charge in [0.05, 0.1) is 24.7 Å². The zero-order valence-electron chi connectivity index (χ0n) is 11.5. The van der Waals surface area contributed by atoms with Gasteiger partial charge < -0.3 is 10.1 Å². The fourth-order valence-corrected chi connectivity index (χ4v) is 2.49. The van der Waals surface area contributed by atoms with Gasteiger partial charge in [-0.15, -0.1) is 0 Å². The second-order valence-corrected chi connectivity index (χ2v) is 5.38. The van der Waals surface area contributed by atoms with Crippen molar-refractivity contribution in [2.24, 2.45) is 0 Å². The minimum absolute atomic E-state index is 0.329. The van der Waals surface area contributed by atoms with Gasteiger partial charge in [-0.25, -0.2) is 9.67 Å². The van der Waals surface area contributed by atoms with Crippen LogP contribution in [0.25, 0.3) is 11.0 Å². The molecule has 0 spiro atoms. The van der Waals surface area contributed by atoms with E-state index in [0.717, 1.165) is 42.8 Å². The maximum Gasteiger partial charge on any atom is 0.158 e. The molecule has 1 unspecified atom stereocenters. The van der Waals surface area contributed by atoms with E-state index in [-0.39, 0.29) is 0 Å². The van der Waals surface area contributed by atoms with Crippen LogP contribution >= 0.6 is 0 Å². The number of pyridine rings is 1. The van der Waals surface area contributed by atoms with Gasteiger partial charge >= 0.3 is 0 Å². The van der Waals surface area contributed by atoms with Crippen molar-refractivity contribution >= 4 is 16.7 Å². The topological polar surface area (TPSA) is 52.0 Å². The van der Waals surface area contributed by atoms with Gasteiger partial charge in [-0.05, 0) is 32.8 Å². The Hall–Kier alpha value is -1.62. The normalized spacial score (nSPS) is 20.1. The smallest absolute Gasteiger partial charge is 0.158 e. The van der Waals surface area contributed by atoms with Gasteiger partial charge in [-0.2, -0.15) is 5.10 Å². The Bertz CT molecular complexity index is 558. The van der Waals surface area contributed by atoms with Gasteiger partial charge in [0.25, 0.3) is 0 Å². The van der Waals surface area contributed by atoms with E-state index in [1.54, 1.807) is 0 Å². The number of hydrogen-bond acceptors (Lipinski definition) is 4. The Kier molecular flexibility index (Phi) is 3.38. The fourth-order valence-electron chi connectivity index (χ4n) is 2.49. The third-order valence-corrected chi connectivity index (χ3v) is 3.45. The van der Waals surface area contributed by atoms with Crippen LogP contribution < -0.4 is 5.32 Å². The third kappa shape index (κ3) is 2.56. The third-order valence-electron chi connectivity index (χ3n) is 3.45. The summed E-state index contributed by atoms with van der Waals surface area (Å²) in [7, 11) is 0. The second-order valence-electron chi connectivity index (χ2n) is 5.38. The Morgan fingerprint density at radius 2 is 2.32 bits per heavy atom. The van der Waals surface area contributed by atoms with E-state index >= 15 is 0 Å². The average molecular weight is 260 g/mol. The van der Waals surface area contributed by atoms with Crippen molar-refractivity contribution in [1.29, 1.82) is 0 Å². The lowest BCUT2D eigenvalue weighted by Gasteiger charge is -2.23. The lowest BCUT2D eigenvalue weighted by atomic mass is 10.1. The van der Waals surface area contributed by atoms with Gasteiger partial charge in [0.1, 0.15) is 0 Å². The molecule has 102 valence electrons. The summed E-state index contributed by atoms with van der Waals surface area (Å²) >= 11 is 0. The molecule has 1 aliphatic rings. The molecule has 1 fully saturated rings. The monoisotopic (exact) mass is 260 g/mol. The van der Waals surface area contributed by atoms with Crippen LogP contribution in [0.5, 0.6) is 0 Å². The number of hydrogen-bond donors (Lipinski definition) is 1. The minimum Gasteiger partial charge on any atom is -0.379 e. The molecule has 5 heteroatoms. The summed E-state index contributed by atoms with van der Waals surface area (Å²) in [6, 6.07) is 2.84. The van der Waals surface area contributed by atoms with Crippen LogP contribution in [0.3, 0.4) is 0 Å². The molecule has 1 N–H and O–H groups in total. The first kappa shape index (κ1) is 12.4. The molecule has 0 aliphatic carbocycles. The zero-order chi connectivity index (χ0) is 13.2. The lowest BCUT2D eigenvalue weighted by molar-refractivity contribution is 0.0876. The first-order valence-corrected chi connectivity index (χ1v) is 6.91. The van der Waals surface area contributed by atoms with E-state index in [9.17, 15) is 0 Å². The first-order chi connectivity index (χ1) is 9.24. The van der Waals surface area contributed by atoms with Crippen molar-refractivity contribution in [3.8, 4) is 0 Å². The molecular weight excluding hydrogens is 240 g/mol. The van der Waals surface area contributed by atoms with E-state index in [0.29, 0.717) is 12.1 Å². The summed E-state index contributed by atoms with van der Waals surface area (Å²) in [5.74, 6) is 0.